The van der Waals surface area contributed by atoms with Crippen LogP contribution < -0.4 is 11.2 Å². The van der Waals surface area contributed by atoms with Gasteiger partial charge in [-0.25, -0.2) is 4.79 Å². The Bertz CT molecular complexity index is 679. The van der Waals surface area contributed by atoms with E-state index in [0.717, 1.165) is 4.57 Å². The summed E-state index contributed by atoms with van der Waals surface area (Å²) >= 11 is 0. The number of aliphatic hydroxyl groups is 4. The van der Waals surface area contributed by atoms with Crippen LogP contribution >= 0.6 is 0 Å². The lowest BCUT2D eigenvalue weighted by Gasteiger charge is -2.40. The van der Waals surface area contributed by atoms with Gasteiger partial charge in [-0.15, -0.1) is 0 Å². The summed E-state index contributed by atoms with van der Waals surface area (Å²) in [4.78, 5) is 23.9. The average Bonchev–Trinajstić information content (AvgIpc) is 2.51. The number of hydrogen-bond donors (Lipinski definition) is 5. The van der Waals surface area contributed by atoms with E-state index in [1.807, 2.05) is 0 Å². The maximum atomic E-state index is 12.2. The van der Waals surface area contributed by atoms with Crippen LogP contribution in [0.15, 0.2) is 9.59 Å². The molecule has 0 radical (unpaired) electrons. The molecule has 1 aromatic rings. The lowest BCUT2D eigenvalue weighted by molar-refractivity contribution is -0.232. The van der Waals surface area contributed by atoms with Crippen molar-refractivity contribution < 1.29 is 30.3 Å². The summed E-state index contributed by atoms with van der Waals surface area (Å²) in [5.74, 6) is -0.725. The Hall–Kier alpha value is -1.72. The molecular formula is C12H18N2O8. The quantitative estimate of drug-likeness (QED) is 0.373. The predicted molar refractivity (Wildman–Crippen MR) is 71.3 cm³/mol. The van der Waals surface area contributed by atoms with Crippen molar-refractivity contribution in [2.24, 2.45) is 14.1 Å². The van der Waals surface area contributed by atoms with Gasteiger partial charge < -0.3 is 30.3 Å². The Morgan fingerprint density at radius 1 is 1.05 bits per heavy atom. The highest BCUT2D eigenvalue weighted by Gasteiger charge is 2.46. The maximum absolute atomic E-state index is 12.2. The zero-order chi connectivity index (χ0) is 16.8. The third-order valence-electron chi connectivity index (χ3n) is 3.84. The first-order valence-corrected chi connectivity index (χ1v) is 6.51. The molecule has 2 unspecified atom stereocenters. The summed E-state index contributed by atoms with van der Waals surface area (Å²) in [6.07, 6.45) is -7.76. The van der Waals surface area contributed by atoms with Crippen molar-refractivity contribution in [2.75, 3.05) is 6.61 Å². The fraction of sp³-hybridized carbons (Fsp3) is 0.667. The molecule has 0 saturated carbocycles. The van der Waals surface area contributed by atoms with Crippen molar-refractivity contribution in [1.82, 2.24) is 9.13 Å². The molecule has 124 valence electrons. The molecule has 10 nitrogen and oxygen atoms in total. The molecule has 2 rings (SSSR count). The molecular weight excluding hydrogens is 300 g/mol. The number of nitrogens with zero attached hydrogens (tertiary/aromatic N) is 2. The Kier molecular flexibility index (Phi) is 4.40. The number of aliphatic hydroxyl groups excluding tert-OH is 4. The molecule has 0 aromatic carbocycles. The molecule has 22 heavy (non-hydrogen) atoms. The van der Waals surface area contributed by atoms with Gasteiger partial charge in [-0.2, -0.15) is 0 Å². The number of hydrogen-bond acceptors (Lipinski definition) is 8. The molecule has 0 bridgehead atoms. The smallest absolute Gasteiger partial charge is 0.333 e. The second-order valence-corrected chi connectivity index (χ2v) is 5.19. The molecule has 0 aliphatic carbocycles. The number of aromatic nitrogens is 2. The second-order valence-electron chi connectivity index (χ2n) is 5.19. The summed E-state index contributed by atoms with van der Waals surface area (Å²) in [5, 5.41) is 48.6. The van der Waals surface area contributed by atoms with Gasteiger partial charge in [-0.05, 0) is 0 Å². The molecule has 5 N–H and O–H groups in total. The highest BCUT2D eigenvalue weighted by molar-refractivity contribution is 5.27. The molecule has 1 aliphatic heterocycles. The van der Waals surface area contributed by atoms with Crippen LogP contribution in [0, 0.1) is 0 Å². The van der Waals surface area contributed by atoms with E-state index in [0.29, 0.717) is 4.57 Å². The highest BCUT2D eigenvalue weighted by Crippen LogP contribution is 2.33. The minimum Gasteiger partial charge on any atom is -0.494 e. The van der Waals surface area contributed by atoms with Crippen LogP contribution in [-0.4, -0.2) is 65.7 Å². The molecule has 0 amide bonds. The molecule has 1 aliphatic rings. The normalized spacial score (nSPS) is 32.2. The van der Waals surface area contributed by atoms with Gasteiger partial charge in [0.2, 0.25) is 5.88 Å². The fourth-order valence-corrected chi connectivity index (χ4v) is 2.45. The van der Waals surface area contributed by atoms with Crippen molar-refractivity contribution in [3.8, 4) is 5.88 Å². The van der Waals surface area contributed by atoms with E-state index < -0.39 is 59.8 Å². The number of ether oxygens (including phenoxy) is 1. The van der Waals surface area contributed by atoms with Gasteiger partial charge in [0.1, 0.15) is 36.1 Å². The Balaban J connectivity index is 2.61. The minimum atomic E-state index is -1.73. The molecule has 5 atom stereocenters. The van der Waals surface area contributed by atoms with Crippen molar-refractivity contribution in [3.05, 3.63) is 26.4 Å². The SMILES string of the molecule is Cn1c(O)c(C2O[C@H](CO)[C@@H](O)C(O)[C@H]2O)c(=O)n(C)c1=O. The maximum Gasteiger partial charge on any atom is 0.333 e. The Labute approximate surface area is 124 Å². The summed E-state index contributed by atoms with van der Waals surface area (Å²) in [5.41, 5.74) is -2.14. The number of rotatable bonds is 2. The highest BCUT2D eigenvalue weighted by atomic mass is 16.5. The summed E-state index contributed by atoms with van der Waals surface area (Å²) in [6.45, 7) is -0.672. The third-order valence-corrected chi connectivity index (χ3v) is 3.84. The van der Waals surface area contributed by atoms with Gasteiger partial charge >= 0.3 is 5.69 Å². The second kappa shape index (κ2) is 5.82. The van der Waals surface area contributed by atoms with E-state index in [-0.39, 0.29) is 0 Å². The molecule has 1 saturated heterocycles. The van der Waals surface area contributed by atoms with Crippen LogP contribution in [0.2, 0.25) is 0 Å². The minimum absolute atomic E-state index is 0.443. The van der Waals surface area contributed by atoms with E-state index in [4.69, 9.17) is 9.84 Å². The molecule has 0 spiro atoms. The van der Waals surface area contributed by atoms with Crippen molar-refractivity contribution >= 4 is 0 Å². The first kappa shape index (κ1) is 16.6. The fourth-order valence-electron chi connectivity index (χ4n) is 2.45. The monoisotopic (exact) mass is 318 g/mol. The van der Waals surface area contributed by atoms with Crippen molar-refractivity contribution in [3.63, 3.8) is 0 Å². The average molecular weight is 318 g/mol. The molecule has 1 aromatic heterocycles. The standard InChI is InChI=1S/C12H18N2O8/c1-13-10(19)5(11(20)14(2)12(13)21)9-8(18)7(17)6(16)4(3-15)22-9/h4,6-9,15-19H,3H2,1-2H3/t4-,6-,7?,8-,9?/m1/s1. The van der Waals surface area contributed by atoms with Gasteiger partial charge in [0.25, 0.3) is 5.56 Å². The topological polar surface area (TPSA) is 154 Å². The largest absolute Gasteiger partial charge is 0.494 e. The van der Waals surface area contributed by atoms with Gasteiger partial charge in [-0.1, -0.05) is 0 Å². The summed E-state index contributed by atoms with van der Waals surface area (Å²) < 4.78 is 6.71. The van der Waals surface area contributed by atoms with Gasteiger partial charge in [0.05, 0.1) is 6.61 Å². The first-order valence-electron chi connectivity index (χ1n) is 6.51. The van der Waals surface area contributed by atoms with Gasteiger partial charge in [0, 0.05) is 14.1 Å². The van der Waals surface area contributed by atoms with Gasteiger partial charge in [0.15, 0.2) is 0 Å². The zero-order valence-electron chi connectivity index (χ0n) is 11.9. The molecule has 1 fully saturated rings. The van der Waals surface area contributed by atoms with E-state index in [1.54, 1.807) is 0 Å². The van der Waals surface area contributed by atoms with Crippen LogP contribution in [0.3, 0.4) is 0 Å². The van der Waals surface area contributed by atoms with Crippen molar-refractivity contribution in [2.45, 2.75) is 30.5 Å². The lowest BCUT2D eigenvalue weighted by atomic mass is 9.92. The van der Waals surface area contributed by atoms with E-state index in [1.165, 1.54) is 14.1 Å². The van der Waals surface area contributed by atoms with Crippen LogP contribution in [-0.2, 0) is 18.8 Å². The van der Waals surface area contributed by atoms with E-state index in [9.17, 15) is 30.0 Å². The predicted octanol–water partition coefficient (Wildman–Crippen LogP) is -3.70. The van der Waals surface area contributed by atoms with E-state index in [2.05, 4.69) is 0 Å². The Morgan fingerprint density at radius 2 is 1.64 bits per heavy atom. The summed E-state index contributed by atoms with van der Waals surface area (Å²) in [6, 6.07) is 0. The third kappa shape index (κ3) is 2.34. The lowest BCUT2D eigenvalue weighted by Crippen LogP contribution is -2.56. The van der Waals surface area contributed by atoms with Crippen molar-refractivity contribution in [1.29, 1.82) is 0 Å². The number of aromatic hydroxyl groups is 1. The van der Waals surface area contributed by atoms with Gasteiger partial charge in [-0.3, -0.25) is 13.9 Å². The van der Waals surface area contributed by atoms with Crippen LogP contribution in [0.4, 0.5) is 0 Å². The summed E-state index contributed by atoms with van der Waals surface area (Å²) in [7, 11) is 2.39. The zero-order valence-corrected chi connectivity index (χ0v) is 11.9. The van der Waals surface area contributed by atoms with Crippen LogP contribution in [0.1, 0.15) is 11.7 Å². The molecule has 10 heteroatoms. The van der Waals surface area contributed by atoms with Crippen LogP contribution in [0.25, 0.3) is 0 Å². The first-order chi connectivity index (χ1) is 10.2. The molecule has 2 heterocycles. The van der Waals surface area contributed by atoms with Crippen LogP contribution in [0.5, 0.6) is 5.88 Å². The van der Waals surface area contributed by atoms with E-state index >= 15 is 0 Å². The Morgan fingerprint density at radius 3 is 2.18 bits per heavy atom.